The number of nitrogens with two attached hydrogens (primary N) is 1. The summed E-state index contributed by atoms with van der Waals surface area (Å²) in [6.07, 6.45) is 2.03. The Hall–Kier alpha value is -1.15. The van der Waals surface area contributed by atoms with Crippen molar-refractivity contribution in [2.24, 2.45) is 5.14 Å². The van der Waals surface area contributed by atoms with Gasteiger partial charge in [0.25, 0.3) is 0 Å². The Morgan fingerprint density at radius 3 is 2.80 bits per heavy atom. The fourth-order valence-electron chi connectivity index (χ4n) is 1.99. The third-order valence-corrected chi connectivity index (χ3v) is 4.20. The number of carbonyl (C=O) groups is 1. The number of halogens is 1. The smallest absolute Gasteiger partial charge is 0.238 e. The van der Waals surface area contributed by atoms with Crippen LogP contribution < -0.4 is 10.5 Å². The van der Waals surface area contributed by atoms with Crippen molar-refractivity contribution in [1.29, 1.82) is 0 Å². The highest BCUT2D eigenvalue weighted by molar-refractivity contribution is 7.89. The Morgan fingerprint density at radius 2 is 2.25 bits per heavy atom. The minimum Gasteiger partial charge on any atom is -0.378 e. The van der Waals surface area contributed by atoms with E-state index in [1.165, 1.54) is 18.2 Å². The summed E-state index contributed by atoms with van der Waals surface area (Å²) in [6, 6.07) is 3.91. The maximum absolute atomic E-state index is 11.8. The highest BCUT2D eigenvalue weighted by Crippen LogP contribution is 2.25. The number of benzene rings is 1. The zero-order valence-corrected chi connectivity index (χ0v) is 12.2. The topological polar surface area (TPSA) is 98.5 Å². The van der Waals surface area contributed by atoms with E-state index in [9.17, 15) is 13.2 Å². The quantitative estimate of drug-likeness (QED) is 0.878. The molecule has 0 radical (unpaired) electrons. The highest BCUT2D eigenvalue weighted by atomic mass is 35.5. The molecule has 3 N–H and O–H groups in total. The summed E-state index contributed by atoms with van der Waals surface area (Å²) in [5, 5.41) is 7.75. The van der Waals surface area contributed by atoms with E-state index in [-0.39, 0.29) is 28.4 Å². The summed E-state index contributed by atoms with van der Waals surface area (Å²) < 4.78 is 27.7. The molecule has 1 unspecified atom stereocenters. The molecule has 20 heavy (non-hydrogen) atoms. The third-order valence-electron chi connectivity index (χ3n) is 2.98. The Morgan fingerprint density at radius 1 is 1.50 bits per heavy atom. The fourth-order valence-corrected chi connectivity index (χ4v) is 2.82. The van der Waals surface area contributed by atoms with Gasteiger partial charge in [0.2, 0.25) is 15.9 Å². The number of hydrogen-bond acceptors (Lipinski definition) is 4. The minimum atomic E-state index is -3.81. The van der Waals surface area contributed by atoms with Crippen molar-refractivity contribution in [1.82, 2.24) is 0 Å². The van der Waals surface area contributed by atoms with Gasteiger partial charge in [0.05, 0.1) is 28.1 Å². The maximum atomic E-state index is 11.8. The van der Waals surface area contributed by atoms with Gasteiger partial charge >= 0.3 is 0 Å². The molecule has 6 nitrogen and oxygen atoms in total. The van der Waals surface area contributed by atoms with Crippen LogP contribution in [0.3, 0.4) is 0 Å². The van der Waals surface area contributed by atoms with Crippen molar-refractivity contribution in [3.05, 3.63) is 23.2 Å². The lowest BCUT2D eigenvalue weighted by atomic mass is 10.2. The molecule has 0 spiro atoms. The Bertz CT molecular complexity index is 612. The van der Waals surface area contributed by atoms with Crippen LogP contribution in [-0.2, 0) is 19.6 Å². The predicted molar refractivity (Wildman–Crippen MR) is 75.0 cm³/mol. The van der Waals surface area contributed by atoms with E-state index in [1.807, 2.05) is 0 Å². The second-order valence-corrected chi connectivity index (χ2v) is 6.54. The number of rotatable bonds is 4. The number of sulfonamides is 1. The monoisotopic (exact) mass is 318 g/mol. The number of primary sulfonamides is 1. The Kier molecular flexibility index (Phi) is 4.64. The van der Waals surface area contributed by atoms with Crippen LogP contribution in [0.4, 0.5) is 5.69 Å². The molecule has 1 aromatic rings. The maximum Gasteiger partial charge on any atom is 0.238 e. The lowest BCUT2D eigenvalue weighted by Crippen LogP contribution is -2.19. The molecule has 2 rings (SSSR count). The molecule has 1 atom stereocenters. The first-order chi connectivity index (χ1) is 9.36. The number of nitrogens with one attached hydrogen (secondary N) is 1. The summed E-state index contributed by atoms with van der Waals surface area (Å²) in [5.41, 5.74) is 0.349. The van der Waals surface area contributed by atoms with Gasteiger partial charge in [-0.05, 0) is 31.0 Å². The van der Waals surface area contributed by atoms with E-state index in [0.717, 1.165) is 12.8 Å². The molecule has 1 amide bonds. The van der Waals surface area contributed by atoms with Gasteiger partial charge in [-0.3, -0.25) is 4.79 Å². The average molecular weight is 319 g/mol. The Labute approximate surface area is 122 Å². The van der Waals surface area contributed by atoms with Crippen LogP contribution in [0.5, 0.6) is 0 Å². The second kappa shape index (κ2) is 6.09. The van der Waals surface area contributed by atoms with Gasteiger partial charge in [-0.2, -0.15) is 0 Å². The first kappa shape index (κ1) is 15.2. The number of carbonyl (C=O) groups excluding carboxylic acids is 1. The molecule has 1 saturated heterocycles. The lowest BCUT2D eigenvalue weighted by Gasteiger charge is -2.11. The summed E-state index contributed by atoms with van der Waals surface area (Å²) in [4.78, 5) is 11.7. The number of anilines is 1. The van der Waals surface area contributed by atoms with E-state index in [4.69, 9.17) is 21.5 Å². The fraction of sp³-hybridized carbons (Fsp3) is 0.417. The molecule has 1 aliphatic rings. The first-order valence-corrected chi connectivity index (χ1v) is 8.02. The first-order valence-electron chi connectivity index (χ1n) is 6.10. The summed E-state index contributed by atoms with van der Waals surface area (Å²) in [5.74, 6) is -0.220. The molecular formula is C12H15ClN2O4S. The molecule has 1 aromatic carbocycles. The Balaban J connectivity index is 2.04. The van der Waals surface area contributed by atoms with Crippen molar-refractivity contribution in [3.63, 3.8) is 0 Å². The number of amides is 1. The summed E-state index contributed by atoms with van der Waals surface area (Å²) in [7, 11) is -3.81. The zero-order valence-electron chi connectivity index (χ0n) is 10.6. The van der Waals surface area contributed by atoms with Crippen LogP contribution in [0.2, 0.25) is 5.02 Å². The van der Waals surface area contributed by atoms with E-state index < -0.39 is 10.0 Å². The van der Waals surface area contributed by atoms with Crippen LogP contribution >= 0.6 is 11.6 Å². The molecule has 1 aliphatic heterocycles. The predicted octanol–water partition coefficient (Wildman–Crippen LogP) is 1.50. The molecule has 110 valence electrons. The van der Waals surface area contributed by atoms with Crippen molar-refractivity contribution in [3.8, 4) is 0 Å². The van der Waals surface area contributed by atoms with Crippen molar-refractivity contribution >= 4 is 33.2 Å². The van der Waals surface area contributed by atoms with Gasteiger partial charge in [-0.25, -0.2) is 13.6 Å². The minimum absolute atomic E-state index is 0.0579. The van der Waals surface area contributed by atoms with Crippen molar-refractivity contribution in [2.75, 3.05) is 11.9 Å². The molecule has 0 aromatic heterocycles. The SMILES string of the molecule is NS(=O)(=O)c1ccc(NC(=O)CC2CCCO2)c(Cl)c1. The lowest BCUT2D eigenvalue weighted by molar-refractivity contribution is -0.118. The molecule has 0 bridgehead atoms. The van der Waals surface area contributed by atoms with Gasteiger partial charge in [0, 0.05) is 6.61 Å². The molecule has 0 aliphatic carbocycles. The van der Waals surface area contributed by atoms with Crippen LogP contribution in [0.15, 0.2) is 23.1 Å². The average Bonchev–Trinajstić information content (AvgIpc) is 2.83. The second-order valence-electron chi connectivity index (χ2n) is 4.57. The van der Waals surface area contributed by atoms with E-state index in [0.29, 0.717) is 12.3 Å². The van der Waals surface area contributed by atoms with Gasteiger partial charge in [-0.1, -0.05) is 11.6 Å². The molecule has 1 heterocycles. The molecule has 0 saturated carbocycles. The third kappa shape index (κ3) is 3.92. The van der Waals surface area contributed by atoms with Gasteiger partial charge in [0.15, 0.2) is 0 Å². The number of ether oxygens (including phenoxy) is 1. The van der Waals surface area contributed by atoms with Gasteiger partial charge < -0.3 is 10.1 Å². The number of hydrogen-bond donors (Lipinski definition) is 2. The zero-order chi connectivity index (χ0) is 14.8. The van der Waals surface area contributed by atoms with Crippen LogP contribution in [0.25, 0.3) is 0 Å². The normalized spacial score (nSPS) is 19.0. The standard InChI is InChI=1S/C12H15ClN2O4S/c13-10-7-9(20(14,17)18)3-4-11(10)15-12(16)6-8-2-1-5-19-8/h3-4,7-8H,1-2,5-6H2,(H,15,16)(H2,14,17,18). The van der Waals surface area contributed by atoms with Gasteiger partial charge in [-0.15, -0.1) is 0 Å². The van der Waals surface area contributed by atoms with Crippen molar-refractivity contribution in [2.45, 2.75) is 30.3 Å². The largest absolute Gasteiger partial charge is 0.378 e. The molecular weight excluding hydrogens is 304 g/mol. The van der Waals surface area contributed by atoms with E-state index >= 15 is 0 Å². The highest BCUT2D eigenvalue weighted by Gasteiger charge is 2.20. The summed E-state index contributed by atoms with van der Waals surface area (Å²) in [6.45, 7) is 0.682. The summed E-state index contributed by atoms with van der Waals surface area (Å²) >= 11 is 5.93. The van der Waals surface area contributed by atoms with Crippen LogP contribution in [-0.4, -0.2) is 27.0 Å². The molecule has 8 heteroatoms. The van der Waals surface area contributed by atoms with E-state index in [1.54, 1.807) is 0 Å². The molecule has 1 fully saturated rings. The van der Waals surface area contributed by atoms with E-state index in [2.05, 4.69) is 5.32 Å². The van der Waals surface area contributed by atoms with Crippen LogP contribution in [0, 0.1) is 0 Å². The van der Waals surface area contributed by atoms with Gasteiger partial charge in [0.1, 0.15) is 0 Å². The van der Waals surface area contributed by atoms with Crippen LogP contribution in [0.1, 0.15) is 19.3 Å². The van der Waals surface area contributed by atoms with Crippen molar-refractivity contribution < 1.29 is 17.9 Å².